The molecule has 3 rings (SSSR count). The third kappa shape index (κ3) is 2.08. The quantitative estimate of drug-likeness (QED) is 0.782. The van der Waals surface area contributed by atoms with E-state index < -0.39 is 0 Å². The van der Waals surface area contributed by atoms with E-state index in [0.717, 1.165) is 23.5 Å². The van der Waals surface area contributed by atoms with Crippen LogP contribution in [0.5, 0.6) is 0 Å². The predicted octanol–water partition coefficient (Wildman–Crippen LogP) is 3.93. The molecule has 1 aromatic heterocycles. The molecule has 0 aliphatic carbocycles. The minimum Gasteiger partial charge on any atom is -0.462 e. The van der Waals surface area contributed by atoms with Crippen molar-refractivity contribution < 1.29 is 9.53 Å². The zero-order valence-corrected chi connectivity index (χ0v) is 13.1. The monoisotopic (exact) mass is 283 g/mol. The van der Waals surface area contributed by atoms with Crippen molar-refractivity contribution in [2.24, 2.45) is 0 Å². The average molecular weight is 283 g/mol. The van der Waals surface area contributed by atoms with Crippen molar-refractivity contribution >= 4 is 5.97 Å². The van der Waals surface area contributed by atoms with Gasteiger partial charge in [-0.25, -0.2) is 4.79 Å². The van der Waals surface area contributed by atoms with Crippen LogP contribution < -0.4 is 0 Å². The Balaban J connectivity index is 2.26. The molecule has 0 amide bonds. The van der Waals surface area contributed by atoms with Gasteiger partial charge in [0.25, 0.3) is 0 Å². The van der Waals surface area contributed by atoms with Crippen molar-refractivity contribution in [2.45, 2.75) is 39.7 Å². The Bertz CT molecular complexity index is 710. The normalized spacial score (nSPS) is 15.2. The first-order chi connectivity index (χ1) is 9.95. The Labute approximate surface area is 125 Å². The van der Waals surface area contributed by atoms with Gasteiger partial charge in [0, 0.05) is 23.2 Å². The fraction of sp³-hybridized carbons (Fsp3) is 0.389. The first-order valence-electron chi connectivity index (χ1n) is 7.43. The van der Waals surface area contributed by atoms with E-state index >= 15 is 0 Å². The second-order valence-corrected chi connectivity index (χ2v) is 6.28. The number of benzene rings is 1. The summed E-state index contributed by atoms with van der Waals surface area (Å²) in [4.78, 5) is 12.3. The number of aromatic nitrogens is 1. The smallest absolute Gasteiger partial charge is 0.340 e. The lowest BCUT2D eigenvalue weighted by Crippen LogP contribution is -2.30. The molecule has 0 saturated carbocycles. The topological polar surface area (TPSA) is 31.2 Å². The molecular formula is C18H21NO2. The molecule has 0 saturated heterocycles. The van der Waals surface area contributed by atoms with E-state index in [-0.39, 0.29) is 11.4 Å². The number of nitrogens with zero attached hydrogens (tertiary/aromatic N) is 1. The van der Waals surface area contributed by atoms with Crippen molar-refractivity contribution in [3.05, 3.63) is 47.2 Å². The van der Waals surface area contributed by atoms with E-state index in [1.807, 2.05) is 19.1 Å². The molecule has 0 unspecified atom stereocenters. The molecular weight excluding hydrogens is 262 g/mol. The molecule has 0 fully saturated rings. The van der Waals surface area contributed by atoms with Crippen LogP contribution in [0.4, 0.5) is 0 Å². The van der Waals surface area contributed by atoms with Gasteiger partial charge in [0.1, 0.15) is 0 Å². The molecule has 3 heteroatoms. The van der Waals surface area contributed by atoms with Crippen molar-refractivity contribution in [1.82, 2.24) is 4.57 Å². The van der Waals surface area contributed by atoms with Crippen LogP contribution in [0.2, 0.25) is 0 Å². The van der Waals surface area contributed by atoms with Crippen LogP contribution in [0.3, 0.4) is 0 Å². The van der Waals surface area contributed by atoms with Gasteiger partial charge in [-0.15, -0.1) is 0 Å². The molecule has 3 nitrogen and oxygen atoms in total. The van der Waals surface area contributed by atoms with Crippen LogP contribution in [-0.4, -0.2) is 17.1 Å². The van der Waals surface area contributed by atoms with E-state index in [1.54, 1.807) is 0 Å². The lowest BCUT2D eigenvalue weighted by molar-refractivity contribution is 0.0527. The fourth-order valence-corrected chi connectivity index (χ4v) is 3.30. The van der Waals surface area contributed by atoms with Crippen molar-refractivity contribution in [2.75, 3.05) is 6.61 Å². The minimum absolute atomic E-state index is 0.0549. The average Bonchev–Trinajstić information content (AvgIpc) is 2.76. The molecule has 0 atom stereocenters. The van der Waals surface area contributed by atoms with Gasteiger partial charge in [-0.1, -0.05) is 38.1 Å². The molecule has 2 heterocycles. The number of hydrogen-bond donors (Lipinski definition) is 0. The van der Waals surface area contributed by atoms with E-state index in [0.29, 0.717) is 12.2 Å². The molecule has 0 radical (unpaired) electrons. The largest absolute Gasteiger partial charge is 0.462 e. The van der Waals surface area contributed by atoms with Gasteiger partial charge in [0.05, 0.1) is 17.9 Å². The first kappa shape index (κ1) is 13.9. The Morgan fingerprint density at radius 1 is 1.33 bits per heavy atom. The standard InChI is InChI=1S/C18H21NO2/c1-5-21-17(20)14-10-12(2)19-11-18(3,4)15-9-7-6-8-13(15)16(14)19/h6-10H,5,11H2,1-4H3. The van der Waals surface area contributed by atoms with Crippen molar-refractivity contribution in [3.63, 3.8) is 0 Å². The van der Waals surface area contributed by atoms with Crippen LogP contribution in [0, 0.1) is 6.92 Å². The van der Waals surface area contributed by atoms with Crippen LogP contribution in [0.15, 0.2) is 30.3 Å². The number of esters is 1. The summed E-state index contributed by atoms with van der Waals surface area (Å²) in [5.41, 5.74) is 5.28. The van der Waals surface area contributed by atoms with Gasteiger partial charge >= 0.3 is 5.97 Å². The SMILES string of the molecule is CCOC(=O)c1cc(C)n2c1-c1ccccc1C(C)(C)C2. The number of aryl methyl sites for hydroxylation is 1. The highest BCUT2D eigenvalue weighted by molar-refractivity contribution is 5.98. The molecule has 0 bridgehead atoms. The summed E-state index contributed by atoms with van der Waals surface area (Å²) in [5.74, 6) is -0.233. The predicted molar refractivity (Wildman–Crippen MR) is 83.6 cm³/mol. The lowest BCUT2D eigenvalue weighted by atomic mass is 9.78. The van der Waals surface area contributed by atoms with Gasteiger partial charge < -0.3 is 9.30 Å². The third-order valence-corrected chi connectivity index (χ3v) is 4.26. The zero-order valence-electron chi connectivity index (χ0n) is 13.1. The first-order valence-corrected chi connectivity index (χ1v) is 7.43. The van der Waals surface area contributed by atoms with E-state index in [1.165, 1.54) is 5.56 Å². The highest BCUT2D eigenvalue weighted by atomic mass is 16.5. The molecule has 0 spiro atoms. The Morgan fingerprint density at radius 2 is 2.05 bits per heavy atom. The van der Waals surface area contributed by atoms with Gasteiger partial charge in [-0.05, 0) is 25.5 Å². The number of hydrogen-bond acceptors (Lipinski definition) is 2. The number of rotatable bonds is 2. The maximum Gasteiger partial charge on any atom is 0.340 e. The van der Waals surface area contributed by atoms with Crippen LogP contribution in [0.1, 0.15) is 42.4 Å². The zero-order chi connectivity index (χ0) is 15.2. The second kappa shape index (κ2) is 4.76. The second-order valence-electron chi connectivity index (χ2n) is 6.28. The van der Waals surface area contributed by atoms with Crippen LogP contribution in [-0.2, 0) is 16.7 Å². The van der Waals surface area contributed by atoms with Crippen LogP contribution in [0.25, 0.3) is 11.3 Å². The molecule has 1 aromatic carbocycles. The van der Waals surface area contributed by atoms with Gasteiger partial charge in [-0.3, -0.25) is 0 Å². The van der Waals surface area contributed by atoms with Gasteiger partial charge in [0.2, 0.25) is 0 Å². The Kier molecular flexibility index (Phi) is 3.16. The van der Waals surface area contributed by atoms with Gasteiger partial charge in [0.15, 0.2) is 0 Å². The fourth-order valence-electron chi connectivity index (χ4n) is 3.30. The van der Waals surface area contributed by atoms with Crippen molar-refractivity contribution in [1.29, 1.82) is 0 Å². The van der Waals surface area contributed by atoms with E-state index in [9.17, 15) is 4.79 Å². The number of carbonyl (C=O) groups excluding carboxylic acids is 1. The molecule has 21 heavy (non-hydrogen) atoms. The summed E-state index contributed by atoms with van der Waals surface area (Å²) in [5, 5.41) is 0. The highest BCUT2D eigenvalue weighted by Gasteiger charge is 2.34. The molecule has 0 N–H and O–H groups in total. The minimum atomic E-state index is -0.233. The number of ether oxygens (including phenoxy) is 1. The Morgan fingerprint density at radius 3 is 2.76 bits per heavy atom. The number of fused-ring (bicyclic) bond motifs is 3. The van der Waals surface area contributed by atoms with E-state index in [2.05, 4.69) is 43.5 Å². The van der Waals surface area contributed by atoms with Gasteiger partial charge in [-0.2, -0.15) is 0 Å². The Hall–Kier alpha value is -2.03. The maximum atomic E-state index is 12.3. The van der Waals surface area contributed by atoms with Crippen molar-refractivity contribution in [3.8, 4) is 11.3 Å². The third-order valence-electron chi connectivity index (χ3n) is 4.26. The summed E-state index contributed by atoms with van der Waals surface area (Å²) >= 11 is 0. The molecule has 2 aromatic rings. The van der Waals surface area contributed by atoms with E-state index in [4.69, 9.17) is 4.74 Å². The molecule has 1 aliphatic rings. The highest BCUT2D eigenvalue weighted by Crippen LogP contribution is 2.42. The molecule has 1 aliphatic heterocycles. The maximum absolute atomic E-state index is 12.3. The molecule has 110 valence electrons. The summed E-state index contributed by atoms with van der Waals surface area (Å²) in [7, 11) is 0. The number of carbonyl (C=O) groups is 1. The summed E-state index contributed by atoms with van der Waals surface area (Å²) in [6, 6.07) is 10.3. The lowest BCUT2D eigenvalue weighted by Gasteiger charge is -2.35. The summed E-state index contributed by atoms with van der Waals surface area (Å²) in [6.45, 7) is 9.66. The van der Waals surface area contributed by atoms with Crippen LogP contribution >= 0.6 is 0 Å². The summed E-state index contributed by atoms with van der Waals surface area (Å²) < 4.78 is 7.47. The summed E-state index contributed by atoms with van der Waals surface area (Å²) in [6.07, 6.45) is 0.